The van der Waals surface area contributed by atoms with E-state index in [1.165, 1.54) is 0 Å². The minimum absolute atomic E-state index is 0.0518. The Balaban J connectivity index is 2.22. The van der Waals surface area contributed by atoms with Gasteiger partial charge in [-0.3, -0.25) is 9.69 Å². The van der Waals surface area contributed by atoms with Gasteiger partial charge in [-0.2, -0.15) is 0 Å². The summed E-state index contributed by atoms with van der Waals surface area (Å²) in [7, 11) is 1.59. The topological polar surface area (TPSA) is 50.8 Å². The molecule has 0 aromatic heterocycles. The number of hydrogen-bond acceptors (Lipinski definition) is 4. The summed E-state index contributed by atoms with van der Waals surface area (Å²) >= 11 is 6.32. The third-order valence-corrected chi connectivity index (χ3v) is 3.98. The standard InChI is InChI=1S/C15H21ClN2O3/c1-4-21-14-7-11(12(16)8-13(14)20-3)9-18-6-5-17-15(19)10(18)2/h7-8,10H,4-6,9H2,1-3H3,(H,17,19)/t10-/m1/s1. The summed E-state index contributed by atoms with van der Waals surface area (Å²) in [6.45, 7) is 6.45. The molecule has 1 aliphatic rings. The lowest BCUT2D eigenvalue weighted by atomic mass is 10.1. The fourth-order valence-corrected chi connectivity index (χ4v) is 2.60. The number of carbonyl (C=O) groups is 1. The molecule has 5 nitrogen and oxygen atoms in total. The highest BCUT2D eigenvalue weighted by Gasteiger charge is 2.26. The fraction of sp³-hybridized carbons (Fsp3) is 0.533. The van der Waals surface area contributed by atoms with Crippen LogP contribution in [0.3, 0.4) is 0 Å². The molecule has 0 radical (unpaired) electrons. The first-order chi connectivity index (χ1) is 10.1. The van der Waals surface area contributed by atoms with Crippen molar-refractivity contribution < 1.29 is 14.3 Å². The quantitative estimate of drug-likeness (QED) is 0.904. The lowest BCUT2D eigenvalue weighted by Crippen LogP contribution is -2.53. The van der Waals surface area contributed by atoms with Crippen molar-refractivity contribution in [2.45, 2.75) is 26.4 Å². The van der Waals surface area contributed by atoms with Crippen molar-refractivity contribution in [1.82, 2.24) is 10.2 Å². The number of nitrogens with one attached hydrogen (secondary N) is 1. The van der Waals surface area contributed by atoms with Gasteiger partial charge in [0.2, 0.25) is 5.91 Å². The Morgan fingerprint density at radius 1 is 1.43 bits per heavy atom. The molecule has 1 aromatic rings. The van der Waals surface area contributed by atoms with E-state index in [0.717, 1.165) is 12.1 Å². The number of carbonyl (C=O) groups excluding carboxylic acids is 1. The number of ether oxygens (including phenoxy) is 2. The van der Waals surface area contributed by atoms with Gasteiger partial charge in [0.05, 0.1) is 19.8 Å². The molecule has 0 saturated carbocycles. The second-order valence-corrected chi connectivity index (χ2v) is 5.37. The number of amides is 1. The first-order valence-electron chi connectivity index (χ1n) is 7.07. The Morgan fingerprint density at radius 3 is 2.86 bits per heavy atom. The van der Waals surface area contributed by atoms with Gasteiger partial charge in [0.1, 0.15) is 0 Å². The number of nitrogens with zero attached hydrogens (tertiary/aromatic N) is 1. The zero-order chi connectivity index (χ0) is 15.4. The van der Waals surface area contributed by atoms with Crippen LogP contribution >= 0.6 is 11.6 Å². The molecule has 0 aliphatic carbocycles. The van der Waals surface area contributed by atoms with Crippen LogP contribution in [0.15, 0.2) is 12.1 Å². The molecular weight excluding hydrogens is 292 g/mol. The average Bonchev–Trinajstić information content (AvgIpc) is 2.47. The van der Waals surface area contributed by atoms with Crippen molar-refractivity contribution in [2.24, 2.45) is 0 Å². The molecule has 21 heavy (non-hydrogen) atoms. The van der Waals surface area contributed by atoms with Crippen LogP contribution in [0.25, 0.3) is 0 Å². The molecule has 0 unspecified atom stereocenters. The smallest absolute Gasteiger partial charge is 0.237 e. The highest BCUT2D eigenvalue weighted by molar-refractivity contribution is 6.31. The SMILES string of the molecule is CCOc1cc(CN2CCNC(=O)[C@H]2C)c(Cl)cc1OC. The Bertz CT molecular complexity index is 522. The zero-order valence-corrected chi connectivity index (χ0v) is 13.4. The largest absolute Gasteiger partial charge is 0.493 e. The maximum Gasteiger partial charge on any atom is 0.237 e. The van der Waals surface area contributed by atoms with Gasteiger partial charge in [0.15, 0.2) is 11.5 Å². The molecule has 1 aromatic carbocycles. The van der Waals surface area contributed by atoms with E-state index in [1.54, 1.807) is 13.2 Å². The molecule has 1 N–H and O–H groups in total. The van der Waals surface area contributed by atoms with Gasteiger partial charge >= 0.3 is 0 Å². The lowest BCUT2D eigenvalue weighted by molar-refractivity contribution is -0.128. The van der Waals surface area contributed by atoms with E-state index in [0.29, 0.717) is 36.2 Å². The predicted molar refractivity (Wildman–Crippen MR) is 82.1 cm³/mol. The molecular formula is C15H21ClN2O3. The van der Waals surface area contributed by atoms with E-state index < -0.39 is 0 Å². The van der Waals surface area contributed by atoms with Gasteiger partial charge in [-0.15, -0.1) is 0 Å². The maximum absolute atomic E-state index is 11.7. The Morgan fingerprint density at radius 2 is 2.19 bits per heavy atom. The van der Waals surface area contributed by atoms with E-state index in [-0.39, 0.29) is 11.9 Å². The maximum atomic E-state index is 11.7. The van der Waals surface area contributed by atoms with E-state index >= 15 is 0 Å². The molecule has 1 heterocycles. The molecule has 6 heteroatoms. The molecule has 1 atom stereocenters. The molecule has 1 aliphatic heterocycles. The minimum atomic E-state index is -0.160. The Kier molecular flexibility index (Phi) is 5.31. The first-order valence-corrected chi connectivity index (χ1v) is 7.45. The number of methoxy groups -OCH3 is 1. The summed E-state index contributed by atoms with van der Waals surface area (Å²) in [5.41, 5.74) is 0.933. The molecule has 1 amide bonds. The van der Waals surface area contributed by atoms with E-state index in [9.17, 15) is 4.79 Å². The van der Waals surface area contributed by atoms with E-state index in [1.807, 2.05) is 19.9 Å². The molecule has 116 valence electrons. The van der Waals surface area contributed by atoms with Crippen molar-refractivity contribution in [1.29, 1.82) is 0 Å². The van der Waals surface area contributed by atoms with Crippen LogP contribution < -0.4 is 14.8 Å². The molecule has 0 spiro atoms. The van der Waals surface area contributed by atoms with Gasteiger partial charge in [-0.25, -0.2) is 0 Å². The number of halogens is 1. The molecule has 2 rings (SSSR count). The van der Waals surface area contributed by atoms with E-state index in [2.05, 4.69) is 10.2 Å². The van der Waals surface area contributed by atoms with Crippen molar-refractivity contribution in [2.75, 3.05) is 26.8 Å². The molecule has 1 fully saturated rings. The van der Waals surface area contributed by atoms with Gasteiger partial charge in [0.25, 0.3) is 0 Å². The first kappa shape index (κ1) is 15.9. The third kappa shape index (κ3) is 3.60. The average molecular weight is 313 g/mol. The van der Waals surface area contributed by atoms with Crippen LogP contribution in [0.2, 0.25) is 5.02 Å². The van der Waals surface area contributed by atoms with Crippen LogP contribution in [-0.2, 0) is 11.3 Å². The van der Waals surface area contributed by atoms with Crippen LogP contribution in [0.4, 0.5) is 0 Å². The number of rotatable bonds is 5. The zero-order valence-electron chi connectivity index (χ0n) is 12.6. The summed E-state index contributed by atoms with van der Waals surface area (Å²) in [5.74, 6) is 1.35. The normalized spacial score (nSPS) is 19.2. The van der Waals surface area contributed by atoms with Gasteiger partial charge in [0, 0.05) is 30.7 Å². The fourth-order valence-electron chi connectivity index (χ4n) is 2.39. The monoisotopic (exact) mass is 312 g/mol. The number of benzene rings is 1. The minimum Gasteiger partial charge on any atom is -0.493 e. The second-order valence-electron chi connectivity index (χ2n) is 4.96. The van der Waals surface area contributed by atoms with E-state index in [4.69, 9.17) is 21.1 Å². The Labute approximate surface area is 130 Å². The van der Waals surface area contributed by atoms with Crippen LogP contribution in [-0.4, -0.2) is 43.7 Å². The van der Waals surface area contributed by atoms with Crippen LogP contribution in [0.1, 0.15) is 19.4 Å². The van der Waals surface area contributed by atoms with Crippen molar-refractivity contribution in [3.63, 3.8) is 0 Å². The third-order valence-electron chi connectivity index (χ3n) is 3.63. The molecule has 0 bridgehead atoms. The molecule has 1 saturated heterocycles. The predicted octanol–water partition coefficient (Wildman–Crippen LogP) is 2.07. The van der Waals surface area contributed by atoms with Crippen molar-refractivity contribution >= 4 is 17.5 Å². The number of piperazine rings is 1. The number of hydrogen-bond donors (Lipinski definition) is 1. The summed E-state index contributed by atoms with van der Waals surface area (Å²) in [6.07, 6.45) is 0. The van der Waals surface area contributed by atoms with Gasteiger partial charge < -0.3 is 14.8 Å². The van der Waals surface area contributed by atoms with Crippen molar-refractivity contribution in [3.8, 4) is 11.5 Å². The summed E-state index contributed by atoms with van der Waals surface area (Å²) < 4.78 is 10.9. The summed E-state index contributed by atoms with van der Waals surface area (Å²) in [5, 5.41) is 3.47. The summed E-state index contributed by atoms with van der Waals surface area (Å²) in [4.78, 5) is 13.8. The van der Waals surface area contributed by atoms with Crippen LogP contribution in [0.5, 0.6) is 11.5 Å². The van der Waals surface area contributed by atoms with Gasteiger partial charge in [-0.1, -0.05) is 11.6 Å². The second kappa shape index (κ2) is 7.00. The summed E-state index contributed by atoms with van der Waals surface area (Å²) in [6, 6.07) is 3.49. The van der Waals surface area contributed by atoms with Crippen molar-refractivity contribution in [3.05, 3.63) is 22.7 Å². The highest BCUT2D eigenvalue weighted by Crippen LogP contribution is 2.34. The van der Waals surface area contributed by atoms with Crippen LogP contribution in [0, 0.1) is 0 Å². The lowest BCUT2D eigenvalue weighted by Gasteiger charge is -2.33. The van der Waals surface area contributed by atoms with Gasteiger partial charge in [-0.05, 0) is 25.5 Å². The Hall–Kier alpha value is -1.46. The highest BCUT2D eigenvalue weighted by atomic mass is 35.5.